The van der Waals surface area contributed by atoms with Gasteiger partial charge in [0.2, 0.25) is 0 Å². The van der Waals surface area contributed by atoms with Gasteiger partial charge < -0.3 is 15.3 Å². The van der Waals surface area contributed by atoms with Crippen LogP contribution in [0.1, 0.15) is 25.3 Å². The summed E-state index contributed by atoms with van der Waals surface area (Å²) < 4.78 is 40.3. The van der Waals surface area contributed by atoms with Gasteiger partial charge in [-0.15, -0.1) is 0 Å². The summed E-state index contributed by atoms with van der Waals surface area (Å²) in [4.78, 5) is 22.5. The number of hydrogen-bond donors (Lipinski definition) is 2. The molecule has 0 spiro atoms. The van der Waals surface area contributed by atoms with Crippen LogP contribution in [0.3, 0.4) is 0 Å². The van der Waals surface area contributed by atoms with Crippen LogP contribution in [0.4, 0.5) is 13.2 Å². The first kappa shape index (κ1) is 25.6. The van der Waals surface area contributed by atoms with Crippen LogP contribution in [-0.4, -0.2) is 29.3 Å². The van der Waals surface area contributed by atoms with Crippen molar-refractivity contribution in [1.82, 2.24) is 0 Å². The molecule has 2 unspecified atom stereocenters. The van der Waals surface area contributed by atoms with Crippen molar-refractivity contribution in [1.29, 1.82) is 5.26 Å². The summed E-state index contributed by atoms with van der Waals surface area (Å²) in [5.41, 5.74) is -2.59. The van der Waals surface area contributed by atoms with Gasteiger partial charge in [0.05, 0.1) is 11.5 Å². The van der Waals surface area contributed by atoms with Crippen LogP contribution in [0.25, 0.3) is 0 Å². The van der Waals surface area contributed by atoms with Gasteiger partial charge in [-0.3, -0.25) is 9.59 Å². The van der Waals surface area contributed by atoms with E-state index in [2.05, 4.69) is 0 Å². The van der Waals surface area contributed by atoms with Crippen molar-refractivity contribution in [3.63, 3.8) is 0 Å². The zero-order valence-corrected chi connectivity index (χ0v) is 16.0. The van der Waals surface area contributed by atoms with E-state index < -0.39 is 52.2 Å². The van der Waals surface area contributed by atoms with Crippen LogP contribution in [0, 0.1) is 40.1 Å². The molecule has 0 fully saturated rings. The summed E-state index contributed by atoms with van der Waals surface area (Å²) in [7, 11) is 0.750. The van der Waals surface area contributed by atoms with E-state index in [1.165, 1.54) is 6.07 Å². The maximum Gasteiger partial charge on any atom is 1.00 e. The zero-order chi connectivity index (χ0) is 19.2. The van der Waals surface area contributed by atoms with Crippen molar-refractivity contribution in [2.75, 3.05) is 7.11 Å². The Balaban J connectivity index is 0. The Kier molecular flexibility index (Phi) is 10.7. The van der Waals surface area contributed by atoms with Crippen molar-refractivity contribution in [2.45, 2.75) is 19.8 Å². The second kappa shape index (κ2) is 10.4. The maximum atomic E-state index is 13.9. The number of hydrogen-bond acceptors (Lipinski definition) is 4. The molecule has 1 rings (SSSR count). The van der Waals surface area contributed by atoms with E-state index in [4.69, 9.17) is 15.5 Å². The number of rotatable bonds is 5. The van der Waals surface area contributed by atoms with Gasteiger partial charge in [0, 0.05) is 12.0 Å². The molecule has 0 aromatic heterocycles. The topological polar surface area (TPSA) is 121 Å². The van der Waals surface area contributed by atoms with E-state index in [0.29, 0.717) is 6.07 Å². The number of nitriles is 1. The maximum absolute atomic E-state index is 13.9. The third-order valence-corrected chi connectivity index (χ3v) is 3.44. The van der Waals surface area contributed by atoms with Crippen molar-refractivity contribution < 1.29 is 67.6 Å². The number of benzene rings is 1. The third kappa shape index (κ3) is 5.71. The Morgan fingerprint density at radius 2 is 1.56 bits per heavy atom. The predicted octanol–water partition coefficient (Wildman–Crippen LogP) is -1.50. The largest absolute Gasteiger partial charge is 1.00 e. The van der Waals surface area contributed by atoms with Crippen LogP contribution < -0.4 is 34.7 Å². The second-order valence-electron chi connectivity index (χ2n) is 5.24. The quantitative estimate of drug-likeness (QED) is 0.481. The molecule has 2 N–H and O–H groups in total. The summed E-state index contributed by atoms with van der Waals surface area (Å²) in [6.07, 6.45) is 0. The Morgan fingerprint density at radius 3 is 1.92 bits per heavy atom. The fourth-order valence-electron chi connectivity index (χ4n) is 2.17. The summed E-state index contributed by atoms with van der Waals surface area (Å²) >= 11 is 0. The first-order valence-electron chi connectivity index (χ1n) is 6.45. The molecular weight excluding hydrogens is 354 g/mol. The van der Waals surface area contributed by atoms with Crippen molar-refractivity contribution in [3.05, 3.63) is 35.1 Å². The number of carbonyl (C=O) groups is 2. The van der Waals surface area contributed by atoms with Gasteiger partial charge in [0.15, 0.2) is 17.6 Å². The summed E-state index contributed by atoms with van der Waals surface area (Å²) in [6, 6.07) is 1.95. The van der Waals surface area contributed by atoms with E-state index in [-0.39, 0.29) is 35.6 Å². The first-order chi connectivity index (χ1) is 11.0. The fraction of sp³-hybridized carbons (Fsp3) is 0.400. The molecule has 0 aliphatic rings. The van der Waals surface area contributed by atoms with Gasteiger partial charge in [-0.2, -0.15) is 12.4 Å². The smallest absolute Gasteiger partial charge is 0.857 e. The van der Waals surface area contributed by atoms with Gasteiger partial charge in [0.25, 0.3) is 0 Å². The van der Waals surface area contributed by atoms with E-state index in [0.717, 1.165) is 21.0 Å². The van der Waals surface area contributed by atoms with Crippen LogP contribution >= 0.6 is 0 Å². The monoisotopic (exact) mass is 369 g/mol. The molecule has 0 aliphatic carbocycles. The Hall–Kier alpha value is -1.60. The van der Waals surface area contributed by atoms with Crippen molar-refractivity contribution in [3.8, 4) is 6.07 Å². The first-order valence-corrected chi connectivity index (χ1v) is 6.45. The number of nitrogens with zero attached hydrogens (tertiary/aromatic N) is 1. The second-order valence-corrected chi connectivity index (χ2v) is 5.24. The SMILES string of the molecule is CC(C)(C(=O)O)C(c1cc(F)c(F)cc1F)C(C#N)C(=O)O.C[O-].[Na+]. The van der Waals surface area contributed by atoms with Crippen LogP contribution in [-0.2, 0) is 9.59 Å². The minimum Gasteiger partial charge on any atom is -0.857 e. The number of carboxylic acid groups (broad SMARTS) is 2. The molecule has 0 bridgehead atoms. The number of carboxylic acids is 2. The predicted molar refractivity (Wildman–Crippen MR) is 73.1 cm³/mol. The normalized spacial score (nSPS) is 12.6. The summed E-state index contributed by atoms with van der Waals surface area (Å²) in [5, 5.41) is 35.5. The molecule has 132 valence electrons. The Bertz CT molecular complexity index is 676. The average Bonchev–Trinajstić information content (AvgIpc) is 2.50. The van der Waals surface area contributed by atoms with Gasteiger partial charge in [-0.05, 0) is 25.5 Å². The molecule has 6 nitrogen and oxygen atoms in total. The van der Waals surface area contributed by atoms with Gasteiger partial charge >= 0.3 is 41.5 Å². The fourth-order valence-corrected chi connectivity index (χ4v) is 2.17. The number of halogens is 3. The molecule has 0 saturated carbocycles. The van der Waals surface area contributed by atoms with Gasteiger partial charge in [0.1, 0.15) is 5.82 Å². The van der Waals surface area contributed by atoms with Crippen molar-refractivity contribution >= 4 is 11.9 Å². The third-order valence-electron chi connectivity index (χ3n) is 3.44. The molecule has 1 aromatic carbocycles. The summed E-state index contributed by atoms with van der Waals surface area (Å²) in [6.45, 7) is 2.15. The molecular formula is C15H15F3NNaO5. The Labute approximate surface area is 164 Å². The molecule has 0 radical (unpaired) electrons. The molecule has 2 atom stereocenters. The molecule has 0 heterocycles. The molecule has 0 amide bonds. The molecule has 25 heavy (non-hydrogen) atoms. The van der Waals surface area contributed by atoms with E-state index in [1.807, 2.05) is 0 Å². The van der Waals surface area contributed by atoms with Gasteiger partial charge in [-0.25, -0.2) is 13.2 Å². The average molecular weight is 369 g/mol. The van der Waals surface area contributed by atoms with Crippen molar-refractivity contribution in [2.24, 2.45) is 11.3 Å². The van der Waals surface area contributed by atoms with Crippen LogP contribution in [0.2, 0.25) is 0 Å². The molecule has 0 saturated heterocycles. The van der Waals surface area contributed by atoms with E-state index in [9.17, 15) is 27.9 Å². The molecule has 10 heteroatoms. The minimum absolute atomic E-state index is 0. The van der Waals surface area contributed by atoms with Crippen LogP contribution in [0.15, 0.2) is 12.1 Å². The van der Waals surface area contributed by atoms with E-state index >= 15 is 0 Å². The number of aliphatic carboxylic acids is 2. The Morgan fingerprint density at radius 1 is 1.12 bits per heavy atom. The van der Waals surface area contributed by atoms with Gasteiger partial charge in [-0.1, -0.05) is 0 Å². The minimum atomic E-state index is -1.95. The standard InChI is InChI=1S/C14H12F3NO4.CH3O.Na/c1-14(2,13(21)22)11(7(5-18)12(19)20)6-3-9(16)10(17)4-8(6)15;1-2;/h3-4,7,11H,1-2H3,(H,19,20)(H,21,22);1H3;/q;-1;+1. The van der Waals surface area contributed by atoms with E-state index in [1.54, 1.807) is 0 Å². The summed E-state index contributed by atoms with van der Waals surface area (Å²) in [5.74, 6) is -11.2. The molecule has 0 aliphatic heterocycles. The molecule has 1 aromatic rings. The van der Waals surface area contributed by atoms with Crippen LogP contribution in [0.5, 0.6) is 0 Å². The zero-order valence-electron chi connectivity index (χ0n) is 14.0.